The van der Waals surface area contributed by atoms with Crippen LogP contribution in [0.5, 0.6) is 0 Å². The zero-order valence-corrected chi connectivity index (χ0v) is 30.2. The quantitative estimate of drug-likeness (QED) is 0.0319. The standard InChI is InChI=1S/C38H69NO7/c1-6-8-10-12-14-16-18-20-22-24-26-28-36(40)45-33-34(32-44-31-30-35(38(42)43)39(3,4)5)46-37(41)29-27-25-23-21-19-17-15-13-11-9-7-2/h13,15,17,19,34-35H,6-12,14,16,18,20-33H2,1-5H3/b15-13+,19-17+. The molecule has 0 aromatic carbocycles. The number of esters is 2. The molecule has 0 spiro atoms. The summed E-state index contributed by atoms with van der Waals surface area (Å²) in [5, 5.41) is 11.5. The van der Waals surface area contributed by atoms with Crippen molar-refractivity contribution in [2.45, 2.75) is 161 Å². The third-order valence-electron chi connectivity index (χ3n) is 8.12. The first kappa shape index (κ1) is 43.8. The lowest BCUT2D eigenvalue weighted by Gasteiger charge is -2.34. The predicted octanol–water partition coefficient (Wildman–Crippen LogP) is 7.63. The van der Waals surface area contributed by atoms with Gasteiger partial charge >= 0.3 is 11.9 Å². The van der Waals surface area contributed by atoms with Crippen LogP contribution < -0.4 is 5.11 Å². The number of unbranched alkanes of at least 4 members (excludes halogenated alkanes) is 15. The molecule has 8 heteroatoms. The van der Waals surface area contributed by atoms with E-state index in [1.54, 1.807) is 21.1 Å². The number of likely N-dealkylation sites (N-methyl/N-ethyl adjacent to an activating group) is 1. The van der Waals surface area contributed by atoms with Crippen molar-refractivity contribution in [3.63, 3.8) is 0 Å². The second-order valence-electron chi connectivity index (χ2n) is 13.5. The van der Waals surface area contributed by atoms with Crippen molar-refractivity contribution in [2.24, 2.45) is 0 Å². The number of ether oxygens (including phenoxy) is 3. The summed E-state index contributed by atoms with van der Waals surface area (Å²) in [7, 11) is 5.38. The molecular formula is C38H69NO7. The van der Waals surface area contributed by atoms with E-state index in [4.69, 9.17) is 14.2 Å². The molecule has 0 aliphatic heterocycles. The molecule has 0 amide bonds. The molecule has 0 aromatic heterocycles. The van der Waals surface area contributed by atoms with Gasteiger partial charge in [0.2, 0.25) is 0 Å². The summed E-state index contributed by atoms with van der Waals surface area (Å²) in [6, 6.07) is -0.725. The van der Waals surface area contributed by atoms with Crippen molar-refractivity contribution in [1.29, 1.82) is 0 Å². The van der Waals surface area contributed by atoms with E-state index in [1.807, 2.05) is 0 Å². The van der Waals surface area contributed by atoms with Crippen LogP contribution in [0.15, 0.2) is 24.3 Å². The third-order valence-corrected chi connectivity index (χ3v) is 8.12. The van der Waals surface area contributed by atoms with Gasteiger partial charge in [-0.25, -0.2) is 0 Å². The van der Waals surface area contributed by atoms with Gasteiger partial charge in [-0.3, -0.25) is 9.59 Å². The van der Waals surface area contributed by atoms with Crippen molar-refractivity contribution in [2.75, 3.05) is 41.0 Å². The summed E-state index contributed by atoms with van der Waals surface area (Å²) >= 11 is 0. The highest BCUT2D eigenvalue weighted by atomic mass is 16.6. The molecule has 0 N–H and O–H groups in total. The zero-order chi connectivity index (χ0) is 34.3. The number of carboxylic acid groups (broad SMARTS) is 1. The van der Waals surface area contributed by atoms with E-state index >= 15 is 0 Å². The van der Waals surface area contributed by atoms with Crippen molar-refractivity contribution in [1.82, 2.24) is 0 Å². The molecule has 0 aliphatic rings. The Bertz CT molecular complexity index is 818. The van der Waals surface area contributed by atoms with Crippen LogP contribution in [0.4, 0.5) is 0 Å². The number of aliphatic carboxylic acids is 1. The van der Waals surface area contributed by atoms with Crippen LogP contribution in [-0.4, -0.2) is 75.5 Å². The molecule has 0 aromatic rings. The normalized spacial score (nSPS) is 13.3. The molecule has 0 saturated carbocycles. The van der Waals surface area contributed by atoms with Gasteiger partial charge in [-0.15, -0.1) is 0 Å². The van der Waals surface area contributed by atoms with Gasteiger partial charge in [0.25, 0.3) is 0 Å². The average Bonchev–Trinajstić information content (AvgIpc) is 3.00. The summed E-state index contributed by atoms with van der Waals surface area (Å²) < 4.78 is 17.0. The van der Waals surface area contributed by atoms with Crippen LogP contribution in [0.3, 0.4) is 0 Å². The molecule has 8 nitrogen and oxygen atoms in total. The highest BCUT2D eigenvalue weighted by Gasteiger charge is 2.25. The fourth-order valence-electron chi connectivity index (χ4n) is 5.16. The Labute approximate surface area is 281 Å². The SMILES string of the molecule is CCCC/C=C/C=C/CCCCCC(=O)OC(COCCC(C(=O)[O-])[N+](C)(C)C)COC(=O)CCCCCCCCCCCCC. The van der Waals surface area contributed by atoms with Gasteiger partial charge in [0.1, 0.15) is 12.6 Å². The van der Waals surface area contributed by atoms with Crippen LogP contribution in [-0.2, 0) is 28.6 Å². The first-order valence-corrected chi connectivity index (χ1v) is 18.4. The molecule has 0 heterocycles. The summed E-state index contributed by atoms with van der Waals surface area (Å²) in [5.74, 6) is -1.77. The van der Waals surface area contributed by atoms with Crippen LogP contribution in [0, 0.1) is 0 Å². The van der Waals surface area contributed by atoms with Gasteiger partial charge in [0.15, 0.2) is 6.10 Å². The van der Waals surface area contributed by atoms with Gasteiger partial charge in [-0.05, 0) is 32.1 Å². The molecule has 0 fully saturated rings. The molecule has 0 bridgehead atoms. The van der Waals surface area contributed by atoms with Crippen LogP contribution in [0.25, 0.3) is 0 Å². The molecule has 2 unspecified atom stereocenters. The van der Waals surface area contributed by atoms with E-state index < -0.39 is 18.1 Å². The average molecular weight is 652 g/mol. The van der Waals surface area contributed by atoms with Crippen molar-refractivity contribution in [3.05, 3.63) is 24.3 Å². The van der Waals surface area contributed by atoms with E-state index in [0.717, 1.165) is 51.4 Å². The monoisotopic (exact) mass is 652 g/mol. The number of allylic oxidation sites excluding steroid dienone is 4. The van der Waals surface area contributed by atoms with Crippen molar-refractivity contribution < 1.29 is 38.2 Å². The van der Waals surface area contributed by atoms with Crippen molar-refractivity contribution in [3.8, 4) is 0 Å². The maximum atomic E-state index is 12.6. The number of hydrogen-bond acceptors (Lipinski definition) is 7. The van der Waals surface area contributed by atoms with E-state index in [9.17, 15) is 19.5 Å². The maximum Gasteiger partial charge on any atom is 0.306 e. The largest absolute Gasteiger partial charge is 0.544 e. The minimum absolute atomic E-state index is 0.0327. The first-order chi connectivity index (χ1) is 22.1. The third kappa shape index (κ3) is 28.1. The second kappa shape index (κ2) is 30.2. The Morgan fingerprint density at radius 1 is 0.652 bits per heavy atom. The summed E-state index contributed by atoms with van der Waals surface area (Å²) in [5.41, 5.74) is 0. The van der Waals surface area contributed by atoms with E-state index in [0.29, 0.717) is 6.42 Å². The Hall–Kier alpha value is -2.19. The predicted molar refractivity (Wildman–Crippen MR) is 185 cm³/mol. The first-order valence-electron chi connectivity index (χ1n) is 18.4. The topological polar surface area (TPSA) is 102 Å². The summed E-state index contributed by atoms with van der Waals surface area (Å²) in [4.78, 5) is 36.5. The zero-order valence-electron chi connectivity index (χ0n) is 30.2. The van der Waals surface area contributed by atoms with Gasteiger partial charge in [0.05, 0.1) is 40.3 Å². The summed E-state index contributed by atoms with van der Waals surface area (Å²) in [6.45, 7) is 4.55. The lowest BCUT2D eigenvalue weighted by molar-refractivity contribution is -0.889. The number of hydrogen-bond donors (Lipinski definition) is 0. The molecule has 0 radical (unpaired) electrons. The Morgan fingerprint density at radius 2 is 1.15 bits per heavy atom. The molecule has 0 saturated heterocycles. The maximum absolute atomic E-state index is 12.6. The van der Waals surface area contributed by atoms with E-state index in [-0.39, 0.29) is 49.1 Å². The molecule has 0 rings (SSSR count). The van der Waals surface area contributed by atoms with Gasteiger partial charge < -0.3 is 28.6 Å². The number of carbonyl (C=O) groups excluding carboxylic acids is 3. The number of nitrogens with zero attached hydrogens (tertiary/aromatic N) is 1. The lowest BCUT2D eigenvalue weighted by atomic mass is 10.1. The summed E-state index contributed by atoms with van der Waals surface area (Å²) in [6.07, 6.45) is 29.2. The number of rotatable bonds is 32. The minimum atomic E-state index is -1.13. The van der Waals surface area contributed by atoms with Crippen LogP contribution in [0.1, 0.15) is 149 Å². The van der Waals surface area contributed by atoms with Crippen molar-refractivity contribution >= 4 is 17.9 Å². The van der Waals surface area contributed by atoms with Gasteiger partial charge in [0, 0.05) is 19.3 Å². The number of quaternary nitrogens is 1. The number of carbonyl (C=O) groups is 3. The van der Waals surface area contributed by atoms with Crippen LogP contribution >= 0.6 is 0 Å². The molecule has 0 aliphatic carbocycles. The van der Waals surface area contributed by atoms with Gasteiger partial charge in [-0.2, -0.15) is 0 Å². The Morgan fingerprint density at radius 3 is 1.70 bits per heavy atom. The smallest absolute Gasteiger partial charge is 0.306 e. The Kier molecular flexibility index (Phi) is 28.7. The Balaban J connectivity index is 4.49. The fraction of sp³-hybridized carbons (Fsp3) is 0.816. The van der Waals surface area contributed by atoms with E-state index in [1.165, 1.54) is 64.2 Å². The highest BCUT2D eigenvalue weighted by Crippen LogP contribution is 2.13. The van der Waals surface area contributed by atoms with Gasteiger partial charge in [-0.1, -0.05) is 122 Å². The molecule has 268 valence electrons. The minimum Gasteiger partial charge on any atom is -0.544 e. The fourth-order valence-corrected chi connectivity index (χ4v) is 5.16. The number of carboxylic acids is 1. The molecular weight excluding hydrogens is 582 g/mol. The lowest BCUT2D eigenvalue weighted by Crippen LogP contribution is -2.55. The second-order valence-corrected chi connectivity index (χ2v) is 13.5. The highest BCUT2D eigenvalue weighted by molar-refractivity contribution is 5.70. The van der Waals surface area contributed by atoms with E-state index in [2.05, 4.69) is 38.2 Å². The molecule has 46 heavy (non-hydrogen) atoms. The molecule has 2 atom stereocenters. The van der Waals surface area contributed by atoms with Crippen LogP contribution in [0.2, 0.25) is 0 Å².